The molecule has 1 unspecified atom stereocenters. The summed E-state index contributed by atoms with van der Waals surface area (Å²) in [6, 6.07) is 0. The van der Waals surface area contributed by atoms with Crippen LogP contribution >= 0.6 is 0 Å². The van der Waals surface area contributed by atoms with Crippen LogP contribution in [0, 0.1) is 0 Å². The molecule has 0 amide bonds. The highest BCUT2D eigenvalue weighted by atomic mass is 16.3. The summed E-state index contributed by atoms with van der Waals surface area (Å²) in [5.74, 6) is -0.123. The molecule has 0 aliphatic rings. The molecule has 0 aliphatic carbocycles. The Morgan fingerprint density at radius 2 is 2.50 bits per heavy atom. The van der Waals surface area contributed by atoms with Crippen LogP contribution in [-0.2, 0) is 0 Å². The maximum absolute atomic E-state index is 11.2. The minimum atomic E-state index is -0.542. The zero-order valence-electron chi connectivity index (χ0n) is 6.97. The standard InChI is InChI=1S/C8H12N2O2/c1-2-7(11)5-8(12)10-4-3-9-6-10/h3-4,6-7,11H,2,5H2,1H3. The number of aliphatic hydroxyl groups excluding tert-OH is 1. The highest BCUT2D eigenvalue weighted by Crippen LogP contribution is 1.99. The summed E-state index contributed by atoms with van der Waals surface area (Å²) in [5.41, 5.74) is 0. The lowest BCUT2D eigenvalue weighted by Gasteiger charge is -2.05. The first-order valence-corrected chi connectivity index (χ1v) is 3.93. The van der Waals surface area contributed by atoms with E-state index in [1.807, 2.05) is 6.92 Å². The lowest BCUT2D eigenvalue weighted by Crippen LogP contribution is -2.16. The minimum Gasteiger partial charge on any atom is -0.393 e. The molecule has 0 saturated heterocycles. The molecule has 0 fully saturated rings. The van der Waals surface area contributed by atoms with Gasteiger partial charge in [0.05, 0.1) is 12.5 Å². The summed E-state index contributed by atoms with van der Waals surface area (Å²) in [6.45, 7) is 1.84. The number of rotatable bonds is 3. The van der Waals surface area contributed by atoms with Gasteiger partial charge in [-0.2, -0.15) is 0 Å². The van der Waals surface area contributed by atoms with E-state index in [0.29, 0.717) is 6.42 Å². The number of hydrogen-bond acceptors (Lipinski definition) is 3. The zero-order valence-corrected chi connectivity index (χ0v) is 6.97. The predicted molar refractivity (Wildman–Crippen MR) is 43.8 cm³/mol. The molecule has 0 spiro atoms. The van der Waals surface area contributed by atoms with Gasteiger partial charge in [-0.05, 0) is 6.42 Å². The van der Waals surface area contributed by atoms with Crippen molar-refractivity contribution in [1.29, 1.82) is 0 Å². The molecule has 12 heavy (non-hydrogen) atoms. The molecule has 1 aromatic rings. The van der Waals surface area contributed by atoms with E-state index in [4.69, 9.17) is 0 Å². The van der Waals surface area contributed by atoms with Gasteiger partial charge in [0.2, 0.25) is 5.91 Å². The van der Waals surface area contributed by atoms with Crippen LogP contribution in [0.4, 0.5) is 0 Å². The van der Waals surface area contributed by atoms with Crippen LogP contribution in [0.15, 0.2) is 18.7 Å². The normalized spacial score (nSPS) is 12.8. The van der Waals surface area contributed by atoms with E-state index in [1.165, 1.54) is 17.1 Å². The van der Waals surface area contributed by atoms with Gasteiger partial charge in [0.1, 0.15) is 6.33 Å². The molecule has 0 aliphatic heterocycles. The van der Waals surface area contributed by atoms with Crippen LogP contribution in [-0.4, -0.2) is 26.7 Å². The third-order valence-corrected chi connectivity index (χ3v) is 1.67. The van der Waals surface area contributed by atoms with E-state index < -0.39 is 6.10 Å². The smallest absolute Gasteiger partial charge is 0.234 e. The second-order valence-corrected chi connectivity index (χ2v) is 2.63. The predicted octanol–water partition coefficient (Wildman–Crippen LogP) is 0.684. The molecule has 4 heteroatoms. The van der Waals surface area contributed by atoms with Gasteiger partial charge < -0.3 is 5.11 Å². The molecule has 1 aromatic heterocycles. The Morgan fingerprint density at radius 3 is 3.00 bits per heavy atom. The molecular formula is C8H12N2O2. The number of carbonyl (C=O) groups is 1. The lowest BCUT2D eigenvalue weighted by atomic mass is 10.2. The third kappa shape index (κ3) is 2.17. The maximum atomic E-state index is 11.2. The number of imidazole rings is 1. The molecule has 0 aromatic carbocycles. The van der Waals surface area contributed by atoms with Crippen LogP contribution in [0.2, 0.25) is 0 Å². The molecule has 0 bridgehead atoms. The molecule has 1 N–H and O–H groups in total. The quantitative estimate of drug-likeness (QED) is 0.722. The van der Waals surface area contributed by atoms with Crippen LogP contribution in [0.1, 0.15) is 24.6 Å². The SMILES string of the molecule is CCC(O)CC(=O)n1ccnc1. The summed E-state index contributed by atoms with van der Waals surface area (Å²) >= 11 is 0. The summed E-state index contributed by atoms with van der Waals surface area (Å²) < 4.78 is 1.37. The van der Waals surface area contributed by atoms with Gasteiger partial charge in [-0.15, -0.1) is 0 Å². The first kappa shape index (κ1) is 8.93. The minimum absolute atomic E-state index is 0.123. The Balaban J connectivity index is 2.50. The lowest BCUT2D eigenvalue weighted by molar-refractivity contribution is 0.0794. The second kappa shape index (κ2) is 4.01. The van der Waals surface area contributed by atoms with Crippen LogP contribution < -0.4 is 0 Å². The van der Waals surface area contributed by atoms with Crippen molar-refractivity contribution in [3.8, 4) is 0 Å². The monoisotopic (exact) mass is 168 g/mol. The third-order valence-electron chi connectivity index (χ3n) is 1.67. The number of nitrogens with zero attached hydrogens (tertiary/aromatic N) is 2. The number of carbonyl (C=O) groups excluding carboxylic acids is 1. The fraction of sp³-hybridized carbons (Fsp3) is 0.500. The van der Waals surface area contributed by atoms with Crippen molar-refractivity contribution in [2.24, 2.45) is 0 Å². The summed E-state index contributed by atoms with van der Waals surface area (Å²) in [7, 11) is 0. The topological polar surface area (TPSA) is 55.1 Å². The van der Waals surface area contributed by atoms with E-state index in [9.17, 15) is 9.90 Å². The van der Waals surface area contributed by atoms with Gasteiger partial charge in [0, 0.05) is 12.4 Å². The van der Waals surface area contributed by atoms with Crippen LogP contribution in [0.5, 0.6) is 0 Å². The molecule has 1 heterocycles. The van der Waals surface area contributed by atoms with Crippen LogP contribution in [0.3, 0.4) is 0 Å². The first-order chi connectivity index (χ1) is 5.74. The largest absolute Gasteiger partial charge is 0.393 e. The van der Waals surface area contributed by atoms with Gasteiger partial charge in [0.25, 0.3) is 0 Å². The first-order valence-electron chi connectivity index (χ1n) is 3.93. The van der Waals surface area contributed by atoms with Gasteiger partial charge in [0.15, 0.2) is 0 Å². The van der Waals surface area contributed by atoms with E-state index in [2.05, 4.69) is 4.98 Å². The summed E-state index contributed by atoms with van der Waals surface area (Å²) in [4.78, 5) is 15.0. The fourth-order valence-corrected chi connectivity index (χ4v) is 0.858. The van der Waals surface area contributed by atoms with Gasteiger partial charge >= 0.3 is 0 Å². The van der Waals surface area contributed by atoms with Crippen molar-refractivity contribution in [3.63, 3.8) is 0 Å². The Morgan fingerprint density at radius 1 is 1.75 bits per heavy atom. The van der Waals surface area contributed by atoms with Crippen molar-refractivity contribution < 1.29 is 9.90 Å². The number of hydrogen-bond donors (Lipinski definition) is 1. The van der Waals surface area contributed by atoms with Crippen LogP contribution in [0.25, 0.3) is 0 Å². The van der Waals surface area contributed by atoms with E-state index in [1.54, 1.807) is 6.20 Å². The highest BCUT2D eigenvalue weighted by Gasteiger charge is 2.09. The van der Waals surface area contributed by atoms with Crippen molar-refractivity contribution >= 4 is 5.91 Å². The maximum Gasteiger partial charge on any atom is 0.234 e. The molecule has 4 nitrogen and oxygen atoms in total. The Hall–Kier alpha value is -1.16. The average molecular weight is 168 g/mol. The van der Waals surface area contributed by atoms with E-state index >= 15 is 0 Å². The summed E-state index contributed by atoms with van der Waals surface area (Å²) in [5, 5.41) is 9.17. The average Bonchev–Trinajstić information content (AvgIpc) is 2.56. The van der Waals surface area contributed by atoms with Gasteiger partial charge in [-0.3, -0.25) is 9.36 Å². The Kier molecular flexibility index (Phi) is 2.99. The molecule has 1 atom stereocenters. The molecule has 1 rings (SSSR count). The van der Waals surface area contributed by atoms with Crippen molar-refractivity contribution in [3.05, 3.63) is 18.7 Å². The van der Waals surface area contributed by atoms with E-state index in [0.717, 1.165) is 0 Å². The molecular weight excluding hydrogens is 156 g/mol. The zero-order chi connectivity index (χ0) is 8.97. The van der Waals surface area contributed by atoms with Crippen molar-refractivity contribution in [2.45, 2.75) is 25.9 Å². The van der Waals surface area contributed by atoms with Crippen molar-refractivity contribution in [1.82, 2.24) is 9.55 Å². The molecule has 66 valence electrons. The Bertz CT molecular complexity index is 244. The number of aromatic nitrogens is 2. The molecule has 0 radical (unpaired) electrons. The van der Waals surface area contributed by atoms with Gasteiger partial charge in [-0.25, -0.2) is 4.98 Å². The van der Waals surface area contributed by atoms with E-state index in [-0.39, 0.29) is 12.3 Å². The van der Waals surface area contributed by atoms with Gasteiger partial charge in [-0.1, -0.05) is 6.92 Å². The fourth-order valence-electron chi connectivity index (χ4n) is 0.858. The molecule has 0 saturated carbocycles. The Labute approximate surface area is 70.9 Å². The highest BCUT2D eigenvalue weighted by molar-refractivity contribution is 5.78. The summed E-state index contributed by atoms with van der Waals surface area (Å²) in [6.07, 6.45) is 4.76. The number of aliphatic hydroxyl groups is 1. The van der Waals surface area contributed by atoms with Crippen molar-refractivity contribution in [2.75, 3.05) is 0 Å². The second-order valence-electron chi connectivity index (χ2n) is 2.63.